The van der Waals surface area contributed by atoms with Gasteiger partial charge in [-0.2, -0.15) is 5.10 Å². The predicted octanol–water partition coefficient (Wildman–Crippen LogP) is -0.558. The van der Waals surface area contributed by atoms with Crippen LogP contribution >= 0.6 is 0 Å². The van der Waals surface area contributed by atoms with Crippen LogP contribution < -0.4 is 0 Å². The third-order valence-electron chi connectivity index (χ3n) is 2.81. The molecule has 1 saturated heterocycles. The summed E-state index contributed by atoms with van der Waals surface area (Å²) in [4.78, 5) is 28.8. The van der Waals surface area contributed by atoms with Crippen LogP contribution in [0.25, 0.3) is 0 Å². The van der Waals surface area contributed by atoms with E-state index in [0.717, 1.165) is 6.42 Å². The van der Waals surface area contributed by atoms with Crippen molar-refractivity contribution in [3.8, 4) is 0 Å². The maximum atomic E-state index is 12.0. The van der Waals surface area contributed by atoms with Crippen molar-refractivity contribution in [1.82, 2.24) is 19.7 Å². The van der Waals surface area contributed by atoms with E-state index in [0.29, 0.717) is 13.0 Å². The van der Waals surface area contributed by atoms with E-state index in [9.17, 15) is 9.59 Å². The van der Waals surface area contributed by atoms with Crippen molar-refractivity contribution in [3.05, 3.63) is 12.7 Å². The topological polar surface area (TPSA) is 77.3 Å². The van der Waals surface area contributed by atoms with Gasteiger partial charge < -0.3 is 9.64 Å². The number of rotatable bonds is 3. The summed E-state index contributed by atoms with van der Waals surface area (Å²) in [6.45, 7) is 0.695. The average molecular weight is 238 g/mol. The summed E-state index contributed by atoms with van der Waals surface area (Å²) in [6, 6.07) is -0.448. The lowest BCUT2D eigenvalue weighted by atomic mass is 10.2. The molecule has 0 saturated carbocycles. The second-order valence-electron chi connectivity index (χ2n) is 3.86. The van der Waals surface area contributed by atoms with Gasteiger partial charge in [-0.1, -0.05) is 0 Å². The van der Waals surface area contributed by atoms with Crippen molar-refractivity contribution in [2.24, 2.45) is 0 Å². The van der Waals surface area contributed by atoms with Crippen LogP contribution in [0.4, 0.5) is 0 Å². The third kappa shape index (κ3) is 2.43. The molecule has 0 radical (unpaired) electrons. The predicted molar refractivity (Wildman–Crippen MR) is 56.8 cm³/mol. The SMILES string of the molecule is COC(=O)C1CCCN1C(=O)Cn1cncn1. The molecule has 1 aliphatic rings. The van der Waals surface area contributed by atoms with Gasteiger partial charge in [0.2, 0.25) is 5.91 Å². The van der Waals surface area contributed by atoms with Gasteiger partial charge in [-0.05, 0) is 12.8 Å². The van der Waals surface area contributed by atoms with E-state index in [-0.39, 0.29) is 18.4 Å². The van der Waals surface area contributed by atoms with Crippen LogP contribution in [0.2, 0.25) is 0 Å². The summed E-state index contributed by atoms with van der Waals surface area (Å²) in [7, 11) is 1.33. The highest BCUT2D eigenvalue weighted by Gasteiger charge is 2.34. The van der Waals surface area contributed by atoms with Gasteiger partial charge in [0.25, 0.3) is 0 Å². The molecule has 0 bridgehead atoms. The Hall–Kier alpha value is -1.92. The highest BCUT2D eigenvalue weighted by molar-refractivity contribution is 5.84. The number of methoxy groups -OCH3 is 1. The lowest BCUT2D eigenvalue weighted by molar-refractivity contribution is -0.151. The van der Waals surface area contributed by atoms with E-state index in [1.54, 1.807) is 4.90 Å². The summed E-state index contributed by atoms with van der Waals surface area (Å²) in [5.74, 6) is -0.488. The van der Waals surface area contributed by atoms with Crippen molar-refractivity contribution >= 4 is 11.9 Å². The number of hydrogen-bond acceptors (Lipinski definition) is 5. The van der Waals surface area contributed by atoms with E-state index in [2.05, 4.69) is 14.8 Å². The molecule has 7 heteroatoms. The largest absolute Gasteiger partial charge is 0.467 e. The second-order valence-corrected chi connectivity index (χ2v) is 3.86. The number of hydrogen-bond donors (Lipinski definition) is 0. The molecular weight excluding hydrogens is 224 g/mol. The van der Waals surface area contributed by atoms with E-state index < -0.39 is 6.04 Å². The minimum Gasteiger partial charge on any atom is -0.467 e. The van der Waals surface area contributed by atoms with Crippen molar-refractivity contribution in [2.75, 3.05) is 13.7 Å². The summed E-state index contributed by atoms with van der Waals surface area (Å²) in [5, 5.41) is 3.86. The molecule has 1 atom stereocenters. The number of nitrogens with zero attached hydrogens (tertiary/aromatic N) is 4. The molecule has 1 unspecified atom stereocenters. The average Bonchev–Trinajstić information content (AvgIpc) is 2.97. The van der Waals surface area contributed by atoms with Crippen molar-refractivity contribution in [3.63, 3.8) is 0 Å². The van der Waals surface area contributed by atoms with Gasteiger partial charge in [-0.25, -0.2) is 14.5 Å². The van der Waals surface area contributed by atoms with E-state index in [1.165, 1.54) is 24.4 Å². The summed E-state index contributed by atoms with van der Waals surface area (Å²) >= 11 is 0. The molecule has 0 N–H and O–H groups in total. The van der Waals surface area contributed by atoms with E-state index in [1.807, 2.05) is 0 Å². The van der Waals surface area contributed by atoms with E-state index in [4.69, 9.17) is 0 Å². The number of carbonyl (C=O) groups excluding carboxylic acids is 2. The first-order valence-electron chi connectivity index (χ1n) is 5.42. The molecule has 2 heterocycles. The fourth-order valence-corrected chi connectivity index (χ4v) is 1.99. The van der Waals surface area contributed by atoms with Gasteiger partial charge in [-0.3, -0.25) is 4.79 Å². The lowest BCUT2D eigenvalue weighted by Crippen LogP contribution is -2.42. The quantitative estimate of drug-likeness (QED) is 0.660. The van der Waals surface area contributed by atoms with Gasteiger partial charge in [0.05, 0.1) is 7.11 Å². The van der Waals surface area contributed by atoms with Crippen LogP contribution in [0.1, 0.15) is 12.8 Å². The van der Waals surface area contributed by atoms with Gasteiger partial charge in [-0.15, -0.1) is 0 Å². The Labute approximate surface area is 98.4 Å². The number of esters is 1. The first-order chi connectivity index (χ1) is 8.22. The maximum Gasteiger partial charge on any atom is 0.328 e. The van der Waals surface area contributed by atoms with Crippen LogP contribution in [0.5, 0.6) is 0 Å². The summed E-state index contributed by atoms with van der Waals surface area (Å²) < 4.78 is 6.12. The van der Waals surface area contributed by atoms with Crippen molar-refractivity contribution in [1.29, 1.82) is 0 Å². The van der Waals surface area contributed by atoms with Gasteiger partial charge in [0.15, 0.2) is 0 Å². The minimum atomic E-state index is -0.448. The molecule has 1 amide bonds. The van der Waals surface area contributed by atoms with Crippen molar-refractivity contribution in [2.45, 2.75) is 25.4 Å². The number of ether oxygens (including phenoxy) is 1. The van der Waals surface area contributed by atoms with Crippen molar-refractivity contribution < 1.29 is 14.3 Å². The van der Waals surface area contributed by atoms with Gasteiger partial charge in [0.1, 0.15) is 25.2 Å². The highest BCUT2D eigenvalue weighted by atomic mass is 16.5. The molecule has 0 spiro atoms. The van der Waals surface area contributed by atoms with E-state index >= 15 is 0 Å². The third-order valence-corrected chi connectivity index (χ3v) is 2.81. The van der Waals surface area contributed by atoms with Crippen LogP contribution in [-0.4, -0.2) is 51.2 Å². The molecule has 2 rings (SSSR count). The molecule has 1 fully saturated rings. The zero-order valence-corrected chi connectivity index (χ0v) is 9.57. The Morgan fingerprint density at radius 3 is 3.00 bits per heavy atom. The smallest absolute Gasteiger partial charge is 0.328 e. The minimum absolute atomic E-state index is 0.105. The Balaban J connectivity index is 2.01. The second kappa shape index (κ2) is 4.94. The number of aromatic nitrogens is 3. The molecule has 1 aromatic rings. The molecule has 0 aromatic carbocycles. The zero-order valence-electron chi connectivity index (χ0n) is 9.57. The molecule has 17 heavy (non-hydrogen) atoms. The number of likely N-dealkylation sites (tertiary alicyclic amines) is 1. The molecule has 7 nitrogen and oxygen atoms in total. The fraction of sp³-hybridized carbons (Fsp3) is 0.600. The fourth-order valence-electron chi connectivity index (χ4n) is 1.99. The molecule has 92 valence electrons. The molecule has 1 aliphatic heterocycles. The molecular formula is C10H14N4O3. The summed E-state index contributed by atoms with van der Waals surface area (Å²) in [5.41, 5.74) is 0. The Kier molecular flexibility index (Phi) is 3.36. The standard InChI is InChI=1S/C10H14N4O3/c1-17-10(16)8-3-2-4-14(8)9(15)5-13-7-11-6-12-13/h6-8H,2-5H2,1H3. The molecule has 0 aliphatic carbocycles. The highest BCUT2D eigenvalue weighted by Crippen LogP contribution is 2.18. The van der Waals surface area contributed by atoms with Gasteiger partial charge in [0, 0.05) is 6.54 Å². The van der Waals surface area contributed by atoms with Gasteiger partial charge >= 0.3 is 5.97 Å². The van der Waals surface area contributed by atoms with Crippen LogP contribution in [0.15, 0.2) is 12.7 Å². The first kappa shape index (κ1) is 11.6. The monoisotopic (exact) mass is 238 g/mol. The normalized spacial score (nSPS) is 19.4. The Morgan fingerprint density at radius 2 is 2.35 bits per heavy atom. The zero-order chi connectivity index (χ0) is 12.3. The van der Waals surface area contributed by atoms with Crippen LogP contribution in [0, 0.1) is 0 Å². The molecule has 1 aromatic heterocycles. The number of carbonyl (C=O) groups is 2. The first-order valence-corrected chi connectivity index (χ1v) is 5.42. The van der Waals surface area contributed by atoms with Crippen LogP contribution in [-0.2, 0) is 20.9 Å². The Bertz CT molecular complexity index is 404. The number of amides is 1. The lowest BCUT2D eigenvalue weighted by Gasteiger charge is -2.22. The summed E-state index contributed by atoms with van der Waals surface area (Å²) in [6.07, 6.45) is 4.33. The van der Waals surface area contributed by atoms with Crippen LogP contribution in [0.3, 0.4) is 0 Å². The maximum absolute atomic E-state index is 12.0. The Morgan fingerprint density at radius 1 is 1.53 bits per heavy atom.